The molecule has 1 aliphatic carbocycles. The summed E-state index contributed by atoms with van der Waals surface area (Å²) in [5.74, 6) is 0.0323. The smallest absolute Gasteiger partial charge is 0.238 e. The van der Waals surface area contributed by atoms with Crippen LogP contribution in [-0.2, 0) is 14.8 Å². The number of nitrogens with one attached hydrogen (secondary N) is 1. The number of rotatable bonds is 5. The molecule has 1 saturated heterocycles. The van der Waals surface area contributed by atoms with Crippen molar-refractivity contribution in [3.8, 4) is 0 Å². The van der Waals surface area contributed by atoms with Gasteiger partial charge in [0.1, 0.15) is 6.04 Å². The number of nitrogens with zero attached hydrogens (tertiary/aromatic N) is 1. The lowest BCUT2D eigenvalue weighted by molar-refractivity contribution is -0.124. The minimum Gasteiger partial charge on any atom is -0.352 e. The Balaban J connectivity index is 2.03. The van der Waals surface area contributed by atoms with Gasteiger partial charge in [-0.3, -0.25) is 4.79 Å². The topological polar surface area (TPSA) is 66.5 Å². The SMILES string of the molecule is CCCS(=O)(=O)N1CCCC1C(=O)NC1CC1. The summed E-state index contributed by atoms with van der Waals surface area (Å²) in [6.45, 7) is 2.33. The molecule has 1 aliphatic heterocycles. The van der Waals surface area contributed by atoms with Gasteiger partial charge in [0.25, 0.3) is 0 Å². The van der Waals surface area contributed by atoms with E-state index in [0.29, 0.717) is 25.4 Å². The lowest BCUT2D eigenvalue weighted by atomic mass is 10.2. The highest BCUT2D eigenvalue weighted by Crippen LogP contribution is 2.24. The van der Waals surface area contributed by atoms with Crippen molar-refractivity contribution in [2.24, 2.45) is 0 Å². The zero-order valence-electron chi connectivity index (χ0n) is 10.2. The number of hydrogen-bond donors (Lipinski definition) is 1. The van der Waals surface area contributed by atoms with Gasteiger partial charge in [-0.05, 0) is 32.1 Å². The van der Waals surface area contributed by atoms with Crippen LogP contribution in [0.2, 0.25) is 0 Å². The molecule has 98 valence electrons. The molecule has 1 unspecified atom stereocenters. The van der Waals surface area contributed by atoms with Gasteiger partial charge >= 0.3 is 0 Å². The quantitative estimate of drug-likeness (QED) is 0.781. The predicted octanol–water partition coefficient (Wildman–Crippen LogP) is 0.469. The molecule has 0 spiro atoms. The molecule has 0 aromatic carbocycles. The van der Waals surface area contributed by atoms with Crippen LogP contribution in [0.5, 0.6) is 0 Å². The van der Waals surface area contributed by atoms with E-state index >= 15 is 0 Å². The first-order valence-corrected chi connectivity index (χ1v) is 7.95. The van der Waals surface area contributed by atoms with Crippen LogP contribution in [-0.4, -0.2) is 43.0 Å². The second-order valence-corrected chi connectivity index (χ2v) is 6.91. The minimum absolute atomic E-state index is 0.107. The largest absolute Gasteiger partial charge is 0.352 e. The Morgan fingerprint density at radius 3 is 2.65 bits per heavy atom. The molecule has 1 saturated carbocycles. The van der Waals surface area contributed by atoms with Gasteiger partial charge in [0, 0.05) is 12.6 Å². The summed E-state index contributed by atoms with van der Waals surface area (Å²) in [6, 6.07) is -0.175. The van der Waals surface area contributed by atoms with E-state index in [-0.39, 0.29) is 11.7 Å². The summed E-state index contributed by atoms with van der Waals surface area (Å²) in [5, 5.41) is 2.89. The Bertz CT molecular complexity index is 390. The molecule has 1 heterocycles. The first-order chi connectivity index (χ1) is 8.04. The molecule has 2 fully saturated rings. The van der Waals surface area contributed by atoms with Crippen molar-refractivity contribution >= 4 is 15.9 Å². The molecule has 2 rings (SSSR count). The number of sulfonamides is 1. The van der Waals surface area contributed by atoms with Crippen LogP contribution in [0.3, 0.4) is 0 Å². The Kier molecular flexibility index (Phi) is 3.73. The van der Waals surface area contributed by atoms with Crippen LogP contribution in [0.4, 0.5) is 0 Å². The lowest BCUT2D eigenvalue weighted by Gasteiger charge is -2.23. The summed E-state index contributed by atoms with van der Waals surface area (Å²) < 4.78 is 25.4. The normalized spacial score (nSPS) is 26.1. The van der Waals surface area contributed by atoms with Gasteiger partial charge in [0.05, 0.1) is 5.75 Å². The average molecular weight is 260 g/mol. The highest BCUT2D eigenvalue weighted by atomic mass is 32.2. The summed E-state index contributed by atoms with van der Waals surface area (Å²) in [5.41, 5.74) is 0. The van der Waals surface area contributed by atoms with E-state index in [2.05, 4.69) is 5.32 Å². The van der Waals surface area contributed by atoms with E-state index in [1.54, 1.807) is 0 Å². The van der Waals surface area contributed by atoms with E-state index in [9.17, 15) is 13.2 Å². The van der Waals surface area contributed by atoms with E-state index in [1.807, 2.05) is 6.92 Å². The van der Waals surface area contributed by atoms with E-state index in [0.717, 1.165) is 19.3 Å². The van der Waals surface area contributed by atoms with Crippen LogP contribution in [0.25, 0.3) is 0 Å². The number of amides is 1. The zero-order valence-corrected chi connectivity index (χ0v) is 11.0. The fourth-order valence-corrected chi connectivity index (χ4v) is 3.98. The van der Waals surface area contributed by atoms with Crippen molar-refractivity contribution in [2.45, 2.75) is 51.1 Å². The van der Waals surface area contributed by atoms with Crippen LogP contribution < -0.4 is 5.32 Å². The van der Waals surface area contributed by atoms with Crippen molar-refractivity contribution in [2.75, 3.05) is 12.3 Å². The molecule has 1 amide bonds. The average Bonchev–Trinajstić information content (AvgIpc) is 2.92. The maximum absolute atomic E-state index is 12.0. The van der Waals surface area contributed by atoms with Crippen LogP contribution in [0.15, 0.2) is 0 Å². The van der Waals surface area contributed by atoms with Crippen molar-refractivity contribution < 1.29 is 13.2 Å². The van der Waals surface area contributed by atoms with E-state index < -0.39 is 16.1 Å². The molecule has 1 N–H and O–H groups in total. The summed E-state index contributed by atoms with van der Waals surface area (Å²) >= 11 is 0. The Morgan fingerprint density at radius 2 is 2.06 bits per heavy atom. The third kappa shape index (κ3) is 2.98. The van der Waals surface area contributed by atoms with E-state index in [1.165, 1.54) is 4.31 Å². The lowest BCUT2D eigenvalue weighted by Crippen LogP contribution is -2.47. The molecule has 2 aliphatic rings. The van der Waals surface area contributed by atoms with Gasteiger partial charge in [-0.2, -0.15) is 4.31 Å². The number of hydrogen-bond acceptors (Lipinski definition) is 3. The fraction of sp³-hybridized carbons (Fsp3) is 0.909. The standard InChI is InChI=1S/C11H20N2O3S/c1-2-8-17(15,16)13-7-3-4-10(13)11(14)12-9-5-6-9/h9-10H,2-8H2,1H3,(H,12,14). The second-order valence-electron chi connectivity index (χ2n) is 4.87. The summed E-state index contributed by atoms with van der Waals surface area (Å²) in [7, 11) is -3.25. The third-order valence-electron chi connectivity index (χ3n) is 3.25. The Morgan fingerprint density at radius 1 is 1.35 bits per heavy atom. The van der Waals surface area contributed by atoms with Crippen molar-refractivity contribution in [1.82, 2.24) is 9.62 Å². The molecule has 0 radical (unpaired) electrons. The highest BCUT2D eigenvalue weighted by Gasteiger charge is 2.39. The van der Waals surface area contributed by atoms with E-state index in [4.69, 9.17) is 0 Å². The second kappa shape index (κ2) is 4.94. The first-order valence-electron chi connectivity index (χ1n) is 6.34. The fourth-order valence-electron chi connectivity index (χ4n) is 2.24. The molecule has 17 heavy (non-hydrogen) atoms. The molecular weight excluding hydrogens is 240 g/mol. The maximum atomic E-state index is 12.0. The summed E-state index contributed by atoms with van der Waals surface area (Å²) in [4.78, 5) is 11.9. The minimum atomic E-state index is -3.25. The van der Waals surface area contributed by atoms with Crippen molar-refractivity contribution in [3.63, 3.8) is 0 Å². The molecule has 0 aromatic heterocycles. The highest BCUT2D eigenvalue weighted by molar-refractivity contribution is 7.89. The molecule has 1 atom stereocenters. The maximum Gasteiger partial charge on any atom is 0.238 e. The van der Waals surface area contributed by atoms with Crippen LogP contribution >= 0.6 is 0 Å². The van der Waals surface area contributed by atoms with Gasteiger partial charge < -0.3 is 5.32 Å². The number of carbonyl (C=O) groups excluding carboxylic acids is 1. The first kappa shape index (κ1) is 12.8. The monoisotopic (exact) mass is 260 g/mol. The van der Waals surface area contributed by atoms with Crippen molar-refractivity contribution in [3.05, 3.63) is 0 Å². The van der Waals surface area contributed by atoms with Crippen LogP contribution in [0.1, 0.15) is 39.0 Å². The molecule has 0 aromatic rings. The van der Waals surface area contributed by atoms with Gasteiger partial charge in [0.2, 0.25) is 15.9 Å². The zero-order chi connectivity index (χ0) is 12.5. The van der Waals surface area contributed by atoms with Crippen molar-refractivity contribution in [1.29, 1.82) is 0 Å². The molecule has 6 heteroatoms. The van der Waals surface area contributed by atoms with Crippen LogP contribution in [0, 0.1) is 0 Å². The van der Waals surface area contributed by atoms with Gasteiger partial charge in [0.15, 0.2) is 0 Å². The van der Waals surface area contributed by atoms with Gasteiger partial charge in [-0.25, -0.2) is 8.42 Å². The Labute approximate surface area is 103 Å². The van der Waals surface area contributed by atoms with Gasteiger partial charge in [-0.1, -0.05) is 6.92 Å². The molecule has 5 nitrogen and oxygen atoms in total. The predicted molar refractivity (Wildman–Crippen MR) is 65.0 cm³/mol. The third-order valence-corrected chi connectivity index (χ3v) is 5.33. The Hall–Kier alpha value is -0.620. The number of carbonyl (C=O) groups is 1. The molecular formula is C11H20N2O3S. The molecule has 0 bridgehead atoms. The van der Waals surface area contributed by atoms with Gasteiger partial charge in [-0.15, -0.1) is 0 Å². The summed E-state index contributed by atoms with van der Waals surface area (Å²) in [6.07, 6.45) is 4.09.